The van der Waals surface area contributed by atoms with Crippen LogP contribution in [0.2, 0.25) is 0 Å². The number of hydrogen-bond acceptors (Lipinski definition) is 3. The molecule has 1 aliphatic heterocycles. The number of hydrogen-bond donors (Lipinski definition) is 2. The van der Waals surface area contributed by atoms with Crippen molar-refractivity contribution in [3.63, 3.8) is 0 Å². The van der Waals surface area contributed by atoms with E-state index in [9.17, 15) is 5.11 Å². The molecule has 0 bridgehead atoms. The van der Waals surface area contributed by atoms with Gasteiger partial charge >= 0.3 is 0 Å². The Kier molecular flexibility index (Phi) is 6.08. The third-order valence-corrected chi connectivity index (χ3v) is 4.79. The van der Waals surface area contributed by atoms with Crippen LogP contribution < -0.4 is 10.2 Å². The SMILES string of the molecule is CC(C)CNCc1ccc(N2CCC(C)C(O)C2)c(Br)c1. The highest BCUT2D eigenvalue weighted by Crippen LogP contribution is 2.30. The normalized spacial score (nSPS) is 22.9. The molecule has 2 rings (SSSR count). The highest BCUT2D eigenvalue weighted by molar-refractivity contribution is 9.10. The van der Waals surface area contributed by atoms with E-state index >= 15 is 0 Å². The average molecular weight is 355 g/mol. The molecule has 0 aromatic heterocycles. The van der Waals surface area contributed by atoms with Crippen LogP contribution in [0.3, 0.4) is 0 Å². The second kappa shape index (κ2) is 7.61. The lowest BCUT2D eigenvalue weighted by Crippen LogP contribution is -2.43. The largest absolute Gasteiger partial charge is 0.391 e. The number of anilines is 1. The third kappa shape index (κ3) is 4.70. The molecule has 0 radical (unpaired) electrons. The van der Waals surface area contributed by atoms with Crippen molar-refractivity contribution in [3.05, 3.63) is 28.2 Å². The van der Waals surface area contributed by atoms with Crippen molar-refractivity contribution in [2.24, 2.45) is 11.8 Å². The molecule has 0 spiro atoms. The smallest absolute Gasteiger partial charge is 0.0741 e. The fraction of sp³-hybridized carbons (Fsp3) is 0.647. The Balaban J connectivity index is 1.99. The van der Waals surface area contributed by atoms with Gasteiger partial charge in [-0.2, -0.15) is 0 Å². The minimum Gasteiger partial charge on any atom is -0.391 e. The van der Waals surface area contributed by atoms with Crippen LogP contribution >= 0.6 is 15.9 Å². The maximum Gasteiger partial charge on any atom is 0.0741 e. The van der Waals surface area contributed by atoms with E-state index in [0.29, 0.717) is 11.8 Å². The molecule has 1 aliphatic rings. The molecule has 1 fully saturated rings. The monoisotopic (exact) mass is 354 g/mol. The summed E-state index contributed by atoms with van der Waals surface area (Å²) in [6, 6.07) is 6.53. The minimum absolute atomic E-state index is 0.224. The predicted molar refractivity (Wildman–Crippen MR) is 92.7 cm³/mol. The molecule has 1 aromatic carbocycles. The number of nitrogens with one attached hydrogen (secondary N) is 1. The van der Waals surface area contributed by atoms with Gasteiger partial charge in [0.05, 0.1) is 11.8 Å². The van der Waals surface area contributed by atoms with Crippen molar-refractivity contribution in [2.75, 3.05) is 24.5 Å². The Morgan fingerprint density at radius 2 is 2.19 bits per heavy atom. The number of piperidine rings is 1. The topological polar surface area (TPSA) is 35.5 Å². The Hall–Kier alpha value is -0.580. The number of benzene rings is 1. The van der Waals surface area contributed by atoms with Gasteiger partial charge in [-0.3, -0.25) is 0 Å². The summed E-state index contributed by atoms with van der Waals surface area (Å²) in [4.78, 5) is 2.28. The van der Waals surface area contributed by atoms with Gasteiger partial charge in [-0.1, -0.05) is 26.8 Å². The summed E-state index contributed by atoms with van der Waals surface area (Å²) in [6.07, 6.45) is 0.823. The zero-order chi connectivity index (χ0) is 15.4. The summed E-state index contributed by atoms with van der Waals surface area (Å²) in [5.74, 6) is 1.07. The molecule has 1 heterocycles. The van der Waals surface area contributed by atoms with Crippen LogP contribution in [0.15, 0.2) is 22.7 Å². The van der Waals surface area contributed by atoms with Gasteiger partial charge in [0.15, 0.2) is 0 Å². The standard InChI is InChI=1S/C17H27BrN2O/c1-12(2)9-19-10-14-4-5-16(15(18)8-14)20-7-6-13(3)17(21)11-20/h4-5,8,12-13,17,19,21H,6-7,9-11H2,1-3H3. The lowest BCUT2D eigenvalue weighted by molar-refractivity contribution is 0.103. The summed E-state index contributed by atoms with van der Waals surface area (Å²) in [6.45, 7) is 10.2. The number of nitrogens with zero attached hydrogens (tertiary/aromatic N) is 1. The van der Waals surface area contributed by atoms with Crippen LogP contribution in [0.4, 0.5) is 5.69 Å². The molecule has 4 heteroatoms. The maximum atomic E-state index is 10.1. The average Bonchev–Trinajstić information content (AvgIpc) is 2.42. The molecule has 3 nitrogen and oxygen atoms in total. The van der Waals surface area contributed by atoms with E-state index in [4.69, 9.17) is 0 Å². The Morgan fingerprint density at radius 3 is 2.81 bits per heavy atom. The van der Waals surface area contributed by atoms with Crippen LogP contribution in [0.25, 0.3) is 0 Å². The van der Waals surface area contributed by atoms with Crippen molar-refractivity contribution >= 4 is 21.6 Å². The number of halogens is 1. The summed E-state index contributed by atoms with van der Waals surface area (Å²) in [7, 11) is 0. The Bertz CT molecular complexity index is 464. The second-order valence-corrected chi connectivity index (χ2v) is 7.44. The zero-order valence-electron chi connectivity index (χ0n) is 13.3. The van der Waals surface area contributed by atoms with Crippen molar-refractivity contribution < 1.29 is 5.11 Å². The summed E-state index contributed by atoms with van der Waals surface area (Å²) < 4.78 is 1.12. The molecule has 2 N–H and O–H groups in total. The zero-order valence-corrected chi connectivity index (χ0v) is 14.9. The van der Waals surface area contributed by atoms with Gasteiger partial charge in [0.1, 0.15) is 0 Å². The maximum absolute atomic E-state index is 10.1. The van der Waals surface area contributed by atoms with Crippen LogP contribution in [0, 0.1) is 11.8 Å². The molecule has 1 aromatic rings. The van der Waals surface area contributed by atoms with Gasteiger partial charge in [-0.15, -0.1) is 0 Å². The number of rotatable bonds is 5. The summed E-state index contributed by atoms with van der Waals surface area (Å²) in [5.41, 5.74) is 2.48. The van der Waals surface area contributed by atoms with Crippen LogP contribution in [-0.2, 0) is 6.54 Å². The fourth-order valence-electron chi connectivity index (χ4n) is 2.69. The first kappa shape index (κ1) is 16.8. The molecule has 0 aliphatic carbocycles. The molecule has 21 heavy (non-hydrogen) atoms. The van der Waals surface area contributed by atoms with Gasteiger partial charge in [0.2, 0.25) is 0 Å². The van der Waals surface area contributed by atoms with E-state index < -0.39 is 0 Å². The second-order valence-electron chi connectivity index (χ2n) is 6.59. The van der Waals surface area contributed by atoms with Crippen molar-refractivity contribution in [3.8, 4) is 0 Å². The highest BCUT2D eigenvalue weighted by Gasteiger charge is 2.25. The van der Waals surface area contributed by atoms with Crippen LogP contribution in [0.1, 0.15) is 32.8 Å². The van der Waals surface area contributed by atoms with Gasteiger partial charge in [-0.05, 0) is 58.4 Å². The molecule has 2 atom stereocenters. The molecule has 118 valence electrons. The van der Waals surface area contributed by atoms with Crippen molar-refractivity contribution in [1.82, 2.24) is 5.32 Å². The fourth-order valence-corrected chi connectivity index (χ4v) is 3.37. The van der Waals surface area contributed by atoms with E-state index in [2.05, 4.69) is 65.1 Å². The molecule has 0 amide bonds. The minimum atomic E-state index is -0.224. The Labute approximate surface area is 136 Å². The quantitative estimate of drug-likeness (QED) is 0.850. The van der Waals surface area contributed by atoms with E-state index in [0.717, 1.165) is 37.1 Å². The van der Waals surface area contributed by atoms with E-state index in [1.807, 2.05) is 0 Å². The Morgan fingerprint density at radius 1 is 1.43 bits per heavy atom. The van der Waals surface area contributed by atoms with Gasteiger partial charge < -0.3 is 15.3 Å². The van der Waals surface area contributed by atoms with Crippen molar-refractivity contribution in [1.29, 1.82) is 0 Å². The molecule has 1 saturated heterocycles. The lowest BCUT2D eigenvalue weighted by atomic mass is 9.95. The first-order valence-electron chi connectivity index (χ1n) is 7.89. The van der Waals surface area contributed by atoms with E-state index in [-0.39, 0.29) is 6.10 Å². The predicted octanol–water partition coefficient (Wildman–Crippen LogP) is 3.40. The number of aliphatic hydroxyl groups excluding tert-OH is 1. The van der Waals surface area contributed by atoms with Crippen LogP contribution in [-0.4, -0.2) is 30.8 Å². The van der Waals surface area contributed by atoms with E-state index in [1.54, 1.807) is 0 Å². The summed E-state index contributed by atoms with van der Waals surface area (Å²) >= 11 is 3.69. The molecular weight excluding hydrogens is 328 g/mol. The molecule has 2 unspecified atom stereocenters. The van der Waals surface area contributed by atoms with Gasteiger partial charge in [0, 0.05) is 24.1 Å². The first-order chi connectivity index (χ1) is 9.97. The molecule has 0 saturated carbocycles. The lowest BCUT2D eigenvalue weighted by Gasteiger charge is -2.36. The van der Waals surface area contributed by atoms with Crippen molar-refractivity contribution in [2.45, 2.75) is 39.8 Å². The number of aliphatic hydroxyl groups is 1. The first-order valence-corrected chi connectivity index (χ1v) is 8.69. The third-order valence-electron chi connectivity index (χ3n) is 4.15. The van der Waals surface area contributed by atoms with Gasteiger partial charge in [-0.25, -0.2) is 0 Å². The summed E-state index contributed by atoms with van der Waals surface area (Å²) in [5, 5.41) is 13.5. The molecular formula is C17H27BrN2O. The number of β-amino-alcohol motifs (C(OH)–C–C–N with tert-alkyl or cyclic N) is 1. The van der Waals surface area contributed by atoms with E-state index in [1.165, 1.54) is 11.3 Å². The highest BCUT2D eigenvalue weighted by atomic mass is 79.9. The van der Waals surface area contributed by atoms with Crippen LogP contribution in [0.5, 0.6) is 0 Å². The van der Waals surface area contributed by atoms with Gasteiger partial charge in [0.25, 0.3) is 0 Å².